The van der Waals surface area contributed by atoms with Gasteiger partial charge in [0.15, 0.2) is 5.78 Å². The second-order valence-corrected chi connectivity index (χ2v) is 8.14. The van der Waals surface area contributed by atoms with Gasteiger partial charge in [-0.15, -0.1) is 0 Å². The molecule has 0 aliphatic heterocycles. The minimum atomic E-state index is -0.0582. The molecular weight excluding hydrogens is 404 g/mol. The molecule has 2 rings (SSSR count). The van der Waals surface area contributed by atoms with E-state index in [-0.39, 0.29) is 18.2 Å². The van der Waals surface area contributed by atoms with E-state index in [1.54, 1.807) is 6.92 Å². The van der Waals surface area contributed by atoms with Crippen LogP contribution in [0.4, 0.5) is 5.69 Å². The van der Waals surface area contributed by atoms with Crippen LogP contribution in [0.1, 0.15) is 45.1 Å². The highest BCUT2D eigenvalue weighted by Gasteiger charge is 2.16. The molecule has 0 bridgehead atoms. The van der Waals surface area contributed by atoms with Gasteiger partial charge in [0.25, 0.3) is 0 Å². The SMILES string of the molecule is CC(=O)c1c(C)cc(C)c(CN(C)CC(=O)Nc2ccc(Br)cc2C)c1C. The van der Waals surface area contributed by atoms with Crippen molar-refractivity contribution in [3.05, 3.63) is 62.1 Å². The van der Waals surface area contributed by atoms with E-state index in [4.69, 9.17) is 0 Å². The van der Waals surface area contributed by atoms with Crippen molar-refractivity contribution in [2.24, 2.45) is 0 Å². The molecule has 0 saturated heterocycles. The number of ketones is 1. The Morgan fingerprint density at radius 3 is 2.30 bits per heavy atom. The lowest BCUT2D eigenvalue weighted by atomic mass is 9.91. The number of carbonyl (C=O) groups excluding carboxylic acids is 2. The predicted molar refractivity (Wildman–Crippen MR) is 115 cm³/mol. The van der Waals surface area contributed by atoms with Gasteiger partial charge in [-0.25, -0.2) is 0 Å². The summed E-state index contributed by atoms with van der Waals surface area (Å²) >= 11 is 3.43. The minimum absolute atomic E-state index is 0.0582. The third-order valence-corrected chi connectivity index (χ3v) is 5.28. The van der Waals surface area contributed by atoms with Gasteiger partial charge in [0, 0.05) is 22.3 Å². The number of nitrogens with one attached hydrogen (secondary N) is 1. The van der Waals surface area contributed by atoms with Crippen LogP contribution >= 0.6 is 15.9 Å². The van der Waals surface area contributed by atoms with Gasteiger partial charge >= 0.3 is 0 Å². The van der Waals surface area contributed by atoms with Gasteiger partial charge in [0.2, 0.25) is 5.91 Å². The summed E-state index contributed by atoms with van der Waals surface area (Å²) in [6.07, 6.45) is 0. The molecule has 0 spiro atoms. The maximum Gasteiger partial charge on any atom is 0.238 e. The van der Waals surface area contributed by atoms with Crippen molar-refractivity contribution in [1.29, 1.82) is 0 Å². The van der Waals surface area contributed by atoms with E-state index < -0.39 is 0 Å². The van der Waals surface area contributed by atoms with Gasteiger partial charge in [0.05, 0.1) is 6.54 Å². The largest absolute Gasteiger partial charge is 0.325 e. The number of amides is 1. The molecule has 0 saturated carbocycles. The average molecular weight is 431 g/mol. The molecule has 0 unspecified atom stereocenters. The highest BCUT2D eigenvalue weighted by molar-refractivity contribution is 9.10. The van der Waals surface area contributed by atoms with Gasteiger partial charge in [0.1, 0.15) is 0 Å². The molecule has 27 heavy (non-hydrogen) atoms. The smallest absolute Gasteiger partial charge is 0.238 e. The fourth-order valence-corrected chi connectivity index (χ4v) is 4.02. The predicted octanol–water partition coefficient (Wildman–Crippen LogP) is 4.96. The number of hydrogen-bond acceptors (Lipinski definition) is 3. The molecule has 0 aliphatic rings. The van der Waals surface area contributed by atoms with Crippen molar-refractivity contribution < 1.29 is 9.59 Å². The molecule has 0 atom stereocenters. The van der Waals surface area contributed by atoms with Crippen molar-refractivity contribution in [3.63, 3.8) is 0 Å². The zero-order valence-corrected chi connectivity index (χ0v) is 18.5. The number of hydrogen-bond donors (Lipinski definition) is 1. The van der Waals surface area contributed by atoms with Crippen LogP contribution in [0.5, 0.6) is 0 Å². The summed E-state index contributed by atoms with van der Waals surface area (Å²) in [5.41, 5.74) is 6.89. The Morgan fingerprint density at radius 2 is 1.70 bits per heavy atom. The number of likely N-dealkylation sites (N-methyl/N-ethyl adjacent to an activating group) is 1. The summed E-state index contributed by atoms with van der Waals surface area (Å²) in [5.74, 6) is 0.0227. The molecule has 1 N–H and O–H groups in total. The maximum atomic E-state index is 12.4. The van der Waals surface area contributed by atoms with Gasteiger partial charge < -0.3 is 5.32 Å². The number of Topliss-reactive ketones (excluding diaryl/α,β-unsaturated/α-hetero) is 1. The minimum Gasteiger partial charge on any atom is -0.325 e. The third kappa shape index (κ3) is 5.27. The van der Waals surface area contributed by atoms with Crippen molar-refractivity contribution >= 4 is 33.3 Å². The molecule has 144 valence electrons. The Hall–Kier alpha value is -1.98. The van der Waals surface area contributed by atoms with E-state index in [0.717, 1.165) is 43.5 Å². The van der Waals surface area contributed by atoms with Crippen LogP contribution in [-0.2, 0) is 11.3 Å². The summed E-state index contributed by atoms with van der Waals surface area (Å²) in [7, 11) is 1.92. The van der Waals surface area contributed by atoms with E-state index in [9.17, 15) is 9.59 Å². The molecular formula is C22H27BrN2O2. The normalized spacial score (nSPS) is 11.0. The van der Waals surface area contributed by atoms with Crippen molar-refractivity contribution in [2.45, 2.75) is 41.2 Å². The number of rotatable bonds is 6. The molecule has 5 heteroatoms. The van der Waals surface area contributed by atoms with Crippen molar-refractivity contribution in [1.82, 2.24) is 4.90 Å². The summed E-state index contributed by atoms with van der Waals surface area (Å²) in [6, 6.07) is 7.83. The van der Waals surface area contributed by atoms with Crippen molar-refractivity contribution in [2.75, 3.05) is 18.9 Å². The van der Waals surface area contributed by atoms with Gasteiger partial charge in [-0.05, 0) is 87.7 Å². The summed E-state index contributed by atoms with van der Waals surface area (Å²) in [6.45, 7) is 10.5. The molecule has 0 aromatic heterocycles. The fourth-order valence-electron chi connectivity index (χ4n) is 3.54. The first kappa shape index (κ1) is 21.3. The van der Waals surface area contributed by atoms with E-state index >= 15 is 0 Å². The maximum absolute atomic E-state index is 12.4. The molecule has 0 radical (unpaired) electrons. The van der Waals surface area contributed by atoms with Crippen molar-refractivity contribution in [3.8, 4) is 0 Å². The Bertz CT molecular complexity index is 890. The molecule has 4 nitrogen and oxygen atoms in total. The van der Waals surface area contributed by atoms with Gasteiger partial charge in [-0.2, -0.15) is 0 Å². The lowest BCUT2D eigenvalue weighted by Crippen LogP contribution is -2.30. The second-order valence-electron chi connectivity index (χ2n) is 7.22. The number of benzene rings is 2. The molecule has 0 heterocycles. The topological polar surface area (TPSA) is 49.4 Å². The highest BCUT2D eigenvalue weighted by Crippen LogP contribution is 2.24. The first-order chi connectivity index (χ1) is 12.6. The van der Waals surface area contributed by atoms with E-state index in [1.807, 2.05) is 50.9 Å². The van der Waals surface area contributed by atoms with Crippen LogP contribution in [0.15, 0.2) is 28.7 Å². The molecule has 0 aliphatic carbocycles. The molecule has 0 fully saturated rings. The van der Waals surface area contributed by atoms with E-state index in [0.29, 0.717) is 6.54 Å². The molecule has 1 amide bonds. The van der Waals surface area contributed by atoms with Crippen LogP contribution in [0.3, 0.4) is 0 Å². The van der Waals surface area contributed by atoms with Crippen LogP contribution < -0.4 is 5.32 Å². The number of nitrogens with zero attached hydrogens (tertiary/aromatic N) is 1. The third-order valence-electron chi connectivity index (χ3n) is 4.79. The Kier molecular flexibility index (Phi) is 6.95. The Morgan fingerprint density at radius 1 is 1.04 bits per heavy atom. The lowest BCUT2D eigenvalue weighted by Gasteiger charge is -2.22. The average Bonchev–Trinajstić information content (AvgIpc) is 2.53. The summed E-state index contributed by atoms with van der Waals surface area (Å²) < 4.78 is 0.988. The Labute approximate surface area is 170 Å². The quantitative estimate of drug-likeness (QED) is 0.658. The number of anilines is 1. The first-order valence-corrected chi connectivity index (χ1v) is 9.74. The number of halogens is 1. The first-order valence-electron chi connectivity index (χ1n) is 8.95. The van der Waals surface area contributed by atoms with Gasteiger partial charge in [-0.1, -0.05) is 22.0 Å². The summed E-state index contributed by atoms with van der Waals surface area (Å²) in [5, 5.41) is 2.97. The zero-order chi connectivity index (χ0) is 20.3. The van der Waals surface area contributed by atoms with E-state index in [1.165, 1.54) is 0 Å². The monoisotopic (exact) mass is 430 g/mol. The van der Waals surface area contributed by atoms with Crippen LogP contribution in [0.2, 0.25) is 0 Å². The second kappa shape index (κ2) is 8.81. The fraction of sp³-hybridized carbons (Fsp3) is 0.364. The van der Waals surface area contributed by atoms with Crippen LogP contribution in [-0.4, -0.2) is 30.2 Å². The molecule has 2 aromatic rings. The van der Waals surface area contributed by atoms with E-state index in [2.05, 4.69) is 34.2 Å². The number of aryl methyl sites for hydroxylation is 3. The highest BCUT2D eigenvalue weighted by atomic mass is 79.9. The Balaban J connectivity index is 2.11. The summed E-state index contributed by atoms with van der Waals surface area (Å²) in [4.78, 5) is 26.4. The number of carbonyl (C=O) groups is 2. The van der Waals surface area contributed by atoms with Gasteiger partial charge in [-0.3, -0.25) is 14.5 Å². The molecule has 2 aromatic carbocycles. The van der Waals surface area contributed by atoms with Crippen LogP contribution in [0, 0.1) is 27.7 Å². The van der Waals surface area contributed by atoms with Crippen LogP contribution in [0.25, 0.3) is 0 Å². The zero-order valence-electron chi connectivity index (χ0n) is 16.9. The standard InChI is InChI=1S/C22H27BrN2O2/c1-13-9-15(3)22(17(5)26)16(4)19(13)11-25(6)12-21(27)24-20-8-7-18(23)10-14(20)2/h7-10H,11-12H2,1-6H3,(H,24,27). The lowest BCUT2D eigenvalue weighted by molar-refractivity contribution is -0.117.